The summed E-state index contributed by atoms with van der Waals surface area (Å²) >= 11 is 5.32. The molecule has 1 aliphatic heterocycles. The van der Waals surface area contributed by atoms with E-state index in [2.05, 4.69) is 17.9 Å². The molecule has 0 aromatic carbocycles. The van der Waals surface area contributed by atoms with Crippen LogP contribution in [0.1, 0.15) is 39.5 Å². The van der Waals surface area contributed by atoms with Gasteiger partial charge in [0.15, 0.2) is 0 Å². The van der Waals surface area contributed by atoms with Crippen LogP contribution in [0.2, 0.25) is 0 Å². The van der Waals surface area contributed by atoms with Crippen LogP contribution in [-0.4, -0.2) is 22.5 Å². The third-order valence-electron chi connectivity index (χ3n) is 2.85. The first kappa shape index (κ1) is 11.5. The highest BCUT2D eigenvalue weighted by molar-refractivity contribution is 7.80. The highest BCUT2D eigenvalue weighted by Gasteiger charge is 2.30. The lowest BCUT2D eigenvalue weighted by molar-refractivity contribution is 0.342. The molecular formula is C11H18N2S. The van der Waals surface area contributed by atoms with Crippen molar-refractivity contribution in [3.05, 3.63) is 0 Å². The quantitative estimate of drug-likeness (QED) is 0.668. The average Bonchev–Trinajstić information content (AvgIpc) is 2.51. The molecule has 0 bridgehead atoms. The summed E-state index contributed by atoms with van der Waals surface area (Å²) in [7, 11) is 0. The van der Waals surface area contributed by atoms with Crippen LogP contribution in [0.3, 0.4) is 0 Å². The zero-order chi connectivity index (χ0) is 10.6. The van der Waals surface area contributed by atoms with Crippen LogP contribution in [0.5, 0.6) is 0 Å². The van der Waals surface area contributed by atoms with E-state index in [-0.39, 0.29) is 6.04 Å². The van der Waals surface area contributed by atoms with E-state index in [0.29, 0.717) is 5.92 Å². The minimum Gasteiger partial charge on any atom is -0.350 e. The minimum absolute atomic E-state index is 0.00403. The van der Waals surface area contributed by atoms with Crippen molar-refractivity contribution in [1.29, 1.82) is 5.26 Å². The molecular weight excluding hydrogens is 192 g/mol. The number of likely N-dealkylation sites (tertiary alicyclic amines) is 1. The number of hydrogen-bond acceptors (Lipinski definition) is 2. The SMILES string of the molecule is CCCC1CC(=S)N(C(C#N)CC)C1. The van der Waals surface area contributed by atoms with Crippen molar-refractivity contribution in [1.82, 2.24) is 4.90 Å². The van der Waals surface area contributed by atoms with Gasteiger partial charge in [0.2, 0.25) is 0 Å². The number of nitriles is 1. The Balaban J connectivity index is 2.56. The molecule has 1 heterocycles. The van der Waals surface area contributed by atoms with Crippen molar-refractivity contribution in [2.45, 2.75) is 45.6 Å². The Morgan fingerprint density at radius 1 is 1.64 bits per heavy atom. The molecule has 0 aromatic heterocycles. The Morgan fingerprint density at radius 2 is 2.36 bits per heavy atom. The van der Waals surface area contributed by atoms with Crippen LogP contribution < -0.4 is 0 Å². The molecule has 0 aromatic rings. The van der Waals surface area contributed by atoms with Crippen molar-refractivity contribution in [2.24, 2.45) is 5.92 Å². The van der Waals surface area contributed by atoms with E-state index in [0.717, 1.165) is 24.4 Å². The molecule has 2 atom stereocenters. The Hall–Kier alpha value is -0.620. The second-order valence-electron chi connectivity index (χ2n) is 3.96. The molecule has 2 nitrogen and oxygen atoms in total. The summed E-state index contributed by atoms with van der Waals surface area (Å²) in [6.45, 7) is 5.25. The van der Waals surface area contributed by atoms with Gasteiger partial charge in [0.25, 0.3) is 0 Å². The molecule has 78 valence electrons. The molecule has 1 aliphatic rings. The molecule has 0 N–H and O–H groups in total. The van der Waals surface area contributed by atoms with Crippen LogP contribution >= 0.6 is 12.2 Å². The molecule has 0 amide bonds. The van der Waals surface area contributed by atoms with Gasteiger partial charge in [0.1, 0.15) is 6.04 Å². The first-order valence-corrected chi connectivity index (χ1v) is 5.82. The van der Waals surface area contributed by atoms with E-state index in [1.54, 1.807) is 0 Å². The van der Waals surface area contributed by atoms with Gasteiger partial charge in [-0.1, -0.05) is 32.5 Å². The summed E-state index contributed by atoms with van der Waals surface area (Å²) in [5.74, 6) is 0.690. The van der Waals surface area contributed by atoms with Crippen molar-refractivity contribution >= 4 is 17.2 Å². The lowest BCUT2D eigenvalue weighted by Gasteiger charge is -2.23. The van der Waals surface area contributed by atoms with Crippen LogP contribution in [0, 0.1) is 17.2 Å². The topological polar surface area (TPSA) is 27.0 Å². The fourth-order valence-electron chi connectivity index (χ4n) is 2.09. The van der Waals surface area contributed by atoms with Gasteiger partial charge in [-0.2, -0.15) is 5.26 Å². The van der Waals surface area contributed by atoms with Gasteiger partial charge in [-0.05, 0) is 18.8 Å². The molecule has 1 fully saturated rings. The highest BCUT2D eigenvalue weighted by atomic mass is 32.1. The third-order valence-corrected chi connectivity index (χ3v) is 3.25. The van der Waals surface area contributed by atoms with Gasteiger partial charge in [0.05, 0.1) is 11.1 Å². The molecule has 1 rings (SSSR count). The van der Waals surface area contributed by atoms with E-state index in [1.165, 1.54) is 12.8 Å². The van der Waals surface area contributed by atoms with Crippen LogP contribution in [0.4, 0.5) is 0 Å². The van der Waals surface area contributed by atoms with Crippen LogP contribution in [-0.2, 0) is 0 Å². The van der Waals surface area contributed by atoms with Gasteiger partial charge in [-0.15, -0.1) is 0 Å². The van der Waals surface area contributed by atoms with E-state index in [9.17, 15) is 0 Å². The van der Waals surface area contributed by atoms with E-state index >= 15 is 0 Å². The summed E-state index contributed by atoms with van der Waals surface area (Å²) in [6.07, 6.45) is 4.33. The normalized spacial score (nSPS) is 23.6. The zero-order valence-corrected chi connectivity index (χ0v) is 9.81. The fourth-order valence-corrected chi connectivity index (χ4v) is 2.53. The molecule has 0 aliphatic carbocycles. The number of nitrogens with zero attached hydrogens (tertiary/aromatic N) is 2. The van der Waals surface area contributed by atoms with Crippen molar-refractivity contribution in [3.63, 3.8) is 0 Å². The Kier molecular flexibility index (Phi) is 4.34. The number of hydrogen-bond donors (Lipinski definition) is 0. The van der Waals surface area contributed by atoms with Crippen LogP contribution in [0.25, 0.3) is 0 Å². The summed E-state index contributed by atoms with van der Waals surface area (Å²) in [6, 6.07) is 2.33. The largest absolute Gasteiger partial charge is 0.350 e. The fraction of sp³-hybridized carbons (Fsp3) is 0.818. The molecule has 14 heavy (non-hydrogen) atoms. The second kappa shape index (κ2) is 5.31. The lowest BCUT2D eigenvalue weighted by atomic mass is 10.0. The molecule has 2 unspecified atom stereocenters. The van der Waals surface area contributed by atoms with Gasteiger partial charge in [-0.25, -0.2) is 0 Å². The third kappa shape index (κ3) is 2.45. The van der Waals surface area contributed by atoms with E-state index < -0.39 is 0 Å². The van der Waals surface area contributed by atoms with Gasteiger partial charge in [-0.3, -0.25) is 0 Å². The number of rotatable bonds is 4. The summed E-state index contributed by atoms with van der Waals surface area (Å²) in [4.78, 5) is 3.12. The predicted molar refractivity (Wildman–Crippen MR) is 62.0 cm³/mol. The first-order valence-electron chi connectivity index (χ1n) is 5.42. The monoisotopic (exact) mass is 210 g/mol. The van der Waals surface area contributed by atoms with E-state index in [1.807, 2.05) is 6.92 Å². The maximum Gasteiger partial charge on any atom is 0.117 e. The molecule has 3 heteroatoms. The summed E-state index contributed by atoms with van der Waals surface area (Å²) in [5.41, 5.74) is 0. The Labute approximate surface area is 91.9 Å². The molecule has 1 saturated heterocycles. The average molecular weight is 210 g/mol. The maximum absolute atomic E-state index is 8.97. The standard InChI is InChI=1S/C11H18N2S/c1-3-5-9-6-11(14)13(8-9)10(4-2)7-12/h9-10H,3-6,8H2,1-2H3. The Morgan fingerprint density at radius 3 is 2.86 bits per heavy atom. The van der Waals surface area contributed by atoms with Gasteiger partial charge < -0.3 is 4.90 Å². The zero-order valence-electron chi connectivity index (χ0n) is 8.99. The minimum atomic E-state index is 0.00403. The second-order valence-corrected chi connectivity index (χ2v) is 4.43. The predicted octanol–water partition coefficient (Wildman–Crippen LogP) is 2.74. The molecule has 0 radical (unpaired) electrons. The summed E-state index contributed by atoms with van der Waals surface area (Å²) < 4.78 is 0. The first-order chi connectivity index (χ1) is 6.72. The van der Waals surface area contributed by atoms with E-state index in [4.69, 9.17) is 17.5 Å². The number of thiocarbonyl (C=S) groups is 1. The van der Waals surface area contributed by atoms with Crippen molar-refractivity contribution in [2.75, 3.05) is 6.54 Å². The lowest BCUT2D eigenvalue weighted by Crippen LogP contribution is -2.34. The highest BCUT2D eigenvalue weighted by Crippen LogP contribution is 2.25. The smallest absolute Gasteiger partial charge is 0.117 e. The summed E-state index contributed by atoms with van der Waals surface area (Å²) in [5, 5.41) is 8.97. The Bertz CT molecular complexity index is 244. The molecule has 0 spiro atoms. The van der Waals surface area contributed by atoms with Gasteiger partial charge >= 0.3 is 0 Å². The van der Waals surface area contributed by atoms with Crippen molar-refractivity contribution < 1.29 is 0 Å². The molecule has 0 saturated carbocycles. The maximum atomic E-state index is 8.97. The van der Waals surface area contributed by atoms with Crippen LogP contribution in [0.15, 0.2) is 0 Å². The van der Waals surface area contributed by atoms with Crippen molar-refractivity contribution in [3.8, 4) is 6.07 Å². The van der Waals surface area contributed by atoms with Gasteiger partial charge in [0, 0.05) is 13.0 Å².